The Morgan fingerprint density at radius 1 is 0.975 bits per heavy atom. The maximum atomic E-state index is 13.5. The molecule has 0 aliphatic carbocycles. The van der Waals surface area contributed by atoms with Gasteiger partial charge in [0.1, 0.15) is 18.8 Å². The summed E-state index contributed by atoms with van der Waals surface area (Å²) in [6.45, 7) is 10.8. The average molecular weight is 572 g/mol. The Morgan fingerprint density at radius 2 is 1.62 bits per heavy atom. The first-order valence-electron chi connectivity index (χ1n) is 13.0. The van der Waals surface area contributed by atoms with Gasteiger partial charge in [0.2, 0.25) is 5.30 Å². The van der Waals surface area contributed by atoms with Gasteiger partial charge in [-0.2, -0.15) is 13.9 Å². The lowest BCUT2D eigenvalue weighted by atomic mass is 9.97. The molecule has 0 spiro atoms. The van der Waals surface area contributed by atoms with Crippen LogP contribution in [0.1, 0.15) is 55.0 Å². The molecule has 0 radical (unpaired) electrons. The first kappa shape index (κ1) is 31.3. The maximum absolute atomic E-state index is 13.5. The monoisotopic (exact) mass is 571 g/mol. The second-order valence-corrected chi connectivity index (χ2v) is 11.6. The van der Waals surface area contributed by atoms with E-state index in [-0.39, 0.29) is 35.3 Å². The molecule has 0 aliphatic heterocycles. The molecule has 0 atom stereocenters. The van der Waals surface area contributed by atoms with Gasteiger partial charge in [0, 0.05) is 12.1 Å². The number of pyridine rings is 1. The number of benzene rings is 2. The van der Waals surface area contributed by atoms with Gasteiger partial charge in [-0.25, -0.2) is 4.79 Å². The highest BCUT2D eigenvalue weighted by Gasteiger charge is 2.52. The summed E-state index contributed by atoms with van der Waals surface area (Å²) in [5, 5.41) is 11.8. The molecule has 0 fully saturated rings. The molecule has 3 rings (SSSR count). The number of nitro groups is 1. The topological polar surface area (TPSA) is 130 Å². The van der Waals surface area contributed by atoms with Crippen LogP contribution in [0, 0.1) is 24.0 Å². The number of carbonyl (C=O) groups excluding carboxylic acids is 1. The number of aromatic nitrogens is 1. The van der Waals surface area contributed by atoms with Crippen LogP contribution in [0.2, 0.25) is 0 Å². The number of nitro benzene ring substituents is 1. The van der Waals surface area contributed by atoms with Crippen molar-refractivity contribution < 1.29 is 33.1 Å². The summed E-state index contributed by atoms with van der Waals surface area (Å²) in [6.07, 6.45) is -0.874. The van der Waals surface area contributed by atoms with E-state index in [1.54, 1.807) is 47.6 Å². The number of nitrogens with zero attached hydrogens (tertiary/aromatic N) is 2. The van der Waals surface area contributed by atoms with Crippen molar-refractivity contribution in [2.24, 2.45) is 0 Å². The second kappa shape index (κ2) is 13.9. The van der Waals surface area contributed by atoms with E-state index in [1.807, 2.05) is 30.3 Å². The van der Waals surface area contributed by atoms with E-state index in [9.17, 15) is 19.8 Å². The third kappa shape index (κ3) is 7.90. The van der Waals surface area contributed by atoms with Crippen LogP contribution in [0.4, 0.5) is 5.69 Å². The number of hydrogen-bond acceptors (Lipinski definition) is 9. The highest BCUT2D eigenvalue weighted by molar-refractivity contribution is 7.69. The van der Waals surface area contributed by atoms with Gasteiger partial charge in [0.25, 0.3) is 5.69 Å². The zero-order chi connectivity index (χ0) is 29.4. The average Bonchev–Trinajstić information content (AvgIpc) is 2.87. The van der Waals surface area contributed by atoms with Crippen LogP contribution in [0.25, 0.3) is 11.1 Å². The summed E-state index contributed by atoms with van der Waals surface area (Å²) in [5.41, 5.74) is 2.12. The molecule has 0 saturated carbocycles. The van der Waals surface area contributed by atoms with E-state index in [2.05, 4.69) is 4.98 Å². The third-order valence-corrected chi connectivity index (χ3v) is 8.17. The minimum absolute atomic E-state index is 0.0346. The molecule has 0 amide bonds. The predicted molar refractivity (Wildman–Crippen MR) is 153 cm³/mol. The lowest BCUT2D eigenvalue weighted by Gasteiger charge is -2.25. The Bertz CT molecular complexity index is 1320. The van der Waals surface area contributed by atoms with Crippen molar-refractivity contribution in [2.45, 2.75) is 60.4 Å². The van der Waals surface area contributed by atoms with Crippen LogP contribution in [-0.4, -0.2) is 46.2 Å². The number of rotatable bonds is 13. The second-order valence-electron chi connectivity index (χ2n) is 9.69. The van der Waals surface area contributed by atoms with Crippen LogP contribution in [0.5, 0.6) is 0 Å². The van der Waals surface area contributed by atoms with Gasteiger partial charge in [-0.15, -0.1) is 0 Å². The molecule has 0 aliphatic rings. The van der Waals surface area contributed by atoms with E-state index < -0.39 is 31.0 Å². The van der Waals surface area contributed by atoms with Gasteiger partial charge in [-0.05, 0) is 52.7 Å². The summed E-state index contributed by atoms with van der Waals surface area (Å²) in [7, 11) is -3.84. The van der Waals surface area contributed by atoms with Gasteiger partial charge in [-0.3, -0.25) is 15.1 Å². The molecule has 0 bridgehead atoms. The zero-order valence-electron chi connectivity index (χ0n) is 23.6. The molecule has 214 valence electrons. The Morgan fingerprint density at radius 3 is 2.23 bits per heavy atom. The fourth-order valence-electron chi connectivity index (χ4n) is 4.22. The molecule has 2 aromatic carbocycles. The van der Waals surface area contributed by atoms with Crippen LogP contribution in [0.15, 0.2) is 54.6 Å². The lowest BCUT2D eigenvalue weighted by Crippen LogP contribution is -2.29. The van der Waals surface area contributed by atoms with Crippen LogP contribution >= 0.6 is 7.94 Å². The molecule has 11 heteroatoms. The van der Waals surface area contributed by atoms with Crippen molar-refractivity contribution in [1.29, 1.82) is 0 Å². The smallest absolute Gasteiger partial charge is 0.449 e. The minimum atomic E-state index is -3.84. The molecule has 0 unspecified atom stereocenters. The number of carbonyl (C=O) groups is 1. The van der Waals surface area contributed by atoms with Crippen molar-refractivity contribution in [3.8, 4) is 11.1 Å². The van der Waals surface area contributed by atoms with E-state index >= 15 is 0 Å². The van der Waals surface area contributed by atoms with Crippen molar-refractivity contribution >= 4 is 24.9 Å². The molecule has 1 aromatic heterocycles. The summed E-state index contributed by atoms with van der Waals surface area (Å²) in [6, 6.07) is 15.4. The van der Waals surface area contributed by atoms with Crippen molar-refractivity contribution in [3.05, 3.63) is 87.2 Å². The Labute approximate surface area is 235 Å². The van der Waals surface area contributed by atoms with Crippen molar-refractivity contribution in [2.75, 3.05) is 13.2 Å². The lowest BCUT2D eigenvalue weighted by molar-refractivity contribution is -0.384. The Kier molecular flexibility index (Phi) is 10.8. The normalized spacial score (nSPS) is 11.7. The molecule has 3 aromatic rings. The first-order valence-corrected chi connectivity index (χ1v) is 14.5. The van der Waals surface area contributed by atoms with Crippen LogP contribution < -0.4 is 5.30 Å². The highest BCUT2D eigenvalue weighted by Crippen LogP contribution is 2.60. The molecular formula is C29H36N2O8P+. The largest absolute Gasteiger partial charge is 0.460 e. The van der Waals surface area contributed by atoms with Gasteiger partial charge < -0.3 is 9.47 Å². The number of non-ortho nitro benzene ring substituents is 1. The van der Waals surface area contributed by atoms with Crippen LogP contribution in [0.3, 0.4) is 0 Å². The third-order valence-electron chi connectivity index (χ3n) is 5.64. The van der Waals surface area contributed by atoms with Crippen LogP contribution in [-0.2, 0) is 25.1 Å². The SMILES string of the molecule is Cc1nc(C)c([P+](O)(OC(C)C)OC(C)C)c(-c2cccc([N+](=O)[O-])c2)c1C(=O)OCCOCc1ccccc1. The number of esters is 1. The minimum Gasteiger partial charge on any atom is -0.460 e. The number of ether oxygens (including phenoxy) is 2. The molecular weight excluding hydrogens is 535 g/mol. The fraction of sp³-hybridized carbons (Fsp3) is 0.379. The molecule has 0 saturated heterocycles. The van der Waals surface area contributed by atoms with Gasteiger partial charge in [0.05, 0.1) is 40.7 Å². The maximum Gasteiger partial charge on any atom is 0.449 e. The zero-order valence-corrected chi connectivity index (χ0v) is 24.5. The first-order chi connectivity index (χ1) is 18.9. The van der Waals surface area contributed by atoms with Crippen molar-refractivity contribution in [1.82, 2.24) is 4.98 Å². The Hall–Kier alpha value is -3.27. The molecule has 10 nitrogen and oxygen atoms in total. The summed E-state index contributed by atoms with van der Waals surface area (Å²) in [4.78, 5) is 41.1. The fourth-order valence-corrected chi connectivity index (χ4v) is 6.61. The summed E-state index contributed by atoms with van der Waals surface area (Å²) in [5.74, 6) is -0.711. The molecule has 1 heterocycles. The quantitative estimate of drug-likeness (QED) is 0.0879. The van der Waals surface area contributed by atoms with Gasteiger partial charge in [0.15, 0.2) is 0 Å². The molecule has 1 N–H and O–H groups in total. The van der Waals surface area contributed by atoms with Gasteiger partial charge >= 0.3 is 13.9 Å². The Balaban J connectivity index is 2.08. The van der Waals surface area contributed by atoms with E-state index in [0.29, 0.717) is 23.6 Å². The molecule has 40 heavy (non-hydrogen) atoms. The summed E-state index contributed by atoms with van der Waals surface area (Å²) >= 11 is 0. The van der Waals surface area contributed by atoms with E-state index in [1.165, 1.54) is 18.2 Å². The summed E-state index contributed by atoms with van der Waals surface area (Å²) < 4.78 is 23.2. The standard InChI is InChI=1S/C29H36N2O8P/c1-19(2)38-40(35,39-20(3)4)28-22(6)30-21(5)26(27(28)24-13-10-14-25(17-24)31(33)34)29(32)37-16-15-36-18-23-11-8-7-9-12-23/h7-14,17,19-20,35H,15-16,18H2,1-6H3/q+1. The number of aryl methyl sites for hydroxylation is 2. The number of hydrogen-bond donors (Lipinski definition) is 1. The van der Waals surface area contributed by atoms with Crippen molar-refractivity contribution in [3.63, 3.8) is 0 Å². The highest BCUT2D eigenvalue weighted by atomic mass is 31.2. The van der Waals surface area contributed by atoms with E-state index in [4.69, 9.17) is 18.5 Å². The van der Waals surface area contributed by atoms with Gasteiger partial charge in [-0.1, -0.05) is 42.5 Å². The predicted octanol–water partition coefficient (Wildman–Crippen LogP) is 5.88. The van der Waals surface area contributed by atoms with E-state index in [0.717, 1.165) is 5.56 Å².